The fraction of sp³-hybridized carbons (Fsp3) is 0.500. The van der Waals surface area contributed by atoms with Gasteiger partial charge in [-0.05, 0) is 31.4 Å². The molecule has 0 spiro atoms. The summed E-state index contributed by atoms with van der Waals surface area (Å²) in [4.78, 5) is 11.4. The molecule has 1 rings (SSSR count). The summed E-state index contributed by atoms with van der Waals surface area (Å²) in [5.41, 5.74) is 3.82. The Balaban J connectivity index is 2.26. The van der Waals surface area contributed by atoms with E-state index in [1.54, 1.807) is 7.11 Å². The SMILES string of the molecule is COCCNC(=O)NCCc1ccc(C)cc1C. The molecule has 0 fully saturated rings. The van der Waals surface area contributed by atoms with Crippen molar-refractivity contribution in [1.29, 1.82) is 0 Å². The molecule has 0 bridgehead atoms. The van der Waals surface area contributed by atoms with Gasteiger partial charge in [-0.3, -0.25) is 0 Å². The van der Waals surface area contributed by atoms with E-state index in [0.29, 0.717) is 19.7 Å². The monoisotopic (exact) mass is 250 g/mol. The van der Waals surface area contributed by atoms with Gasteiger partial charge < -0.3 is 15.4 Å². The number of amides is 2. The average molecular weight is 250 g/mol. The second-order valence-corrected chi connectivity index (χ2v) is 4.36. The van der Waals surface area contributed by atoms with E-state index in [2.05, 4.69) is 42.7 Å². The first-order chi connectivity index (χ1) is 8.63. The molecule has 0 atom stereocenters. The first-order valence-corrected chi connectivity index (χ1v) is 6.20. The zero-order valence-electron chi connectivity index (χ0n) is 11.4. The highest BCUT2D eigenvalue weighted by Crippen LogP contribution is 2.10. The van der Waals surface area contributed by atoms with E-state index < -0.39 is 0 Å². The van der Waals surface area contributed by atoms with Crippen LogP contribution < -0.4 is 10.6 Å². The van der Waals surface area contributed by atoms with Gasteiger partial charge in [-0.15, -0.1) is 0 Å². The molecule has 2 N–H and O–H groups in total. The highest BCUT2D eigenvalue weighted by atomic mass is 16.5. The molecule has 0 aliphatic carbocycles. The van der Waals surface area contributed by atoms with E-state index in [4.69, 9.17) is 4.74 Å². The van der Waals surface area contributed by atoms with Gasteiger partial charge in [0.2, 0.25) is 0 Å². The summed E-state index contributed by atoms with van der Waals surface area (Å²) < 4.78 is 4.85. The number of benzene rings is 1. The van der Waals surface area contributed by atoms with Gasteiger partial charge >= 0.3 is 6.03 Å². The zero-order valence-corrected chi connectivity index (χ0v) is 11.4. The highest BCUT2D eigenvalue weighted by Gasteiger charge is 2.01. The number of urea groups is 1. The van der Waals surface area contributed by atoms with Crippen molar-refractivity contribution in [3.63, 3.8) is 0 Å². The standard InChI is InChI=1S/C14H22N2O2/c1-11-4-5-13(12(2)10-11)6-7-15-14(17)16-8-9-18-3/h4-5,10H,6-9H2,1-3H3,(H2,15,16,17). The van der Waals surface area contributed by atoms with Crippen LogP contribution in [0.1, 0.15) is 16.7 Å². The van der Waals surface area contributed by atoms with Crippen molar-refractivity contribution in [3.05, 3.63) is 34.9 Å². The molecule has 0 aromatic heterocycles. The van der Waals surface area contributed by atoms with Gasteiger partial charge in [0.05, 0.1) is 6.61 Å². The Labute approximate surface area is 109 Å². The normalized spacial score (nSPS) is 10.2. The Bertz CT molecular complexity index is 391. The third-order valence-electron chi connectivity index (χ3n) is 2.77. The minimum Gasteiger partial charge on any atom is -0.383 e. The molecule has 0 aliphatic rings. The van der Waals surface area contributed by atoms with E-state index in [1.807, 2.05) is 0 Å². The van der Waals surface area contributed by atoms with E-state index >= 15 is 0 Å². The summed E-state index contributed by atoms with van der Waals surface area (Å²) in [6.07, 6.45) is 0.851. The molecule has 0 aliphatic heterocycles. The van der Waals surface area contributed by atoms with Gasteiger partial charge in [0.25, 0.3) is 0 Å². The summed E-state index contributed by atoms with van der Waals surface area (Å²) >= 11 is 0. The summed E-state index contributed by atoms with van der Waals surface area (Å²) in [7, 11) is 1.61. The van der Waals surface area contributed by atoms with E-state index in [9.17, 15) is 4.79 Å². The predicted molar refractivity (Wildman–Crippen MR) is 72.9 cm³/mol. The number of hydrogen-bond acceptors (Lipinski definition) is 2. The maximum atomic E-state index is 11.4. The van der Waals surface area contributed by atoms with Crippen molar-refractivity contribution in [2.24, 2.45) is 0 Å². The van der Waals surface area contributed by atoms with Gasteiger partial charge in [0.1, 0.15) is 0 Å². The molecule has 2 amide bonds. The summed E-state index contributed by atoms with van der Waals surface area (Å²) in [5, 5.41) is 5.54. The molecule has 0 unspecified atom stereocenters. The molecular weight excluding hydrogens is 228 g/mol. The second-order valence-electron chi connectivity index (χ2n) is 4.36. The molecule has 0 radical (unpaired) electrons. The van der Waals surface area contributed by atoms with Crippen molar-refractivity contribution >= 4 is 6.03 Å². The number of carbonyl (C=O) groups excluding carboxylic acids is 1. The van der Waals surface area contributed by atoms with Gasteiger partial charge in [-0.1, -0.05) is 23.8 Å². The maximum absolute atomic E-state index is 11.4. The van der Waals surface area contributed by atoms with Gasteiger partial charge in [0.15, 0.2) is 0 Å². The van der Waals surface area contributed by atoms with Crippen molar-refractivity contribution in [2.45, 2.75) is 20.3 Å². The van der Waals surface area contributed by atoms with Gasteiger partial charge in [-0.25, -0.2) is 4.79 Å². The Morgan fingerprint density at radius 1 is 1.22 bits per heavy atom. The lowest BCUT2D eigenvalue weighted by atomic mass is 10.0. The molecule has 4 nitrogen and oxygen atoms in total. The largest absolute Gasteiger partial charge is 0.383 e. The van der Waals surface area contributed by atoms with Crippen LogP contribution >= 0.6 is 0 Å². The number of hydrogen-bond donors (Lipinski definition) is 2. The predicted octanol–water partition coefficient (Wildman–Crippen LogP) is 1.79. The lowest BCUT2D eigenvalue weighted by Crippen LogP contribution is -2.38. The number of rotatable bonds is 6. The van der Waals surface area contributed by atoms with Crippen LogP contribution in [-0.2, 0) is 11.2 Å². The molecule has 1 aromatic rings. The van der Waals surface area contributed by atoms with Crippen LogP contribution in [0.15, 0.2) is 18.2 Å². The van der Waals surface area contributed by atoms with Crippen LogP contribution in [0.3, 0.4) is 0 Å². The smallest absolute Gasteiger partial charge is 0.314 e. The lowest BCUT2D eigenvalue weighted by Gasteiger charge is -2.09. The number of carbonyl (C=O) groups is 1. The van der Waals surface area contributed by atoms with E-state index in [1.165, 1.54) is 16.7 Å². The average Bonchev–Trinajstić information content (AvgIpc) is 2.32. The molecule has 1 aromatic carbocycles. The molecule has 0 saturated carbocycles. The molecule has 100 valence electrons. The Morgan fingerprint density at radius 3 is 2.61 bits per heavy atom. The van der Waals surface area contributed by atoms with Crippen LogP contribution in [0.5, 0.6) is 0 Å². The topological polar surface area (TPSA) is 50.4 Å². The van der Waals surface area contributed by atoms with Gasteiger partial charge in [-0.2, -0.15) is 0 Å². The van der Waals surface area contributed by atoms with E-state index in [0.717, 1.165) is 6.42 Å². The summed E-state index contributed by atoms with van der Waals surface area (Å²) in [5.74, 6) is 0. The minimum absolute atomic E-state index is 0.142. The van der Waals surface area contributed by atoms with Crippen LogP contribution in [0, 0.1) is 13.8 Å². The highest BCUT2D eigenvalue weighted by molar-refractivity contribution is 5.73. The number of ether oxygens (including phenoxy) is 1. The van der Waals surface area contributed by atoms with Crippen molar-refractivity contribution in [2.75, 3.05) is 26.8 Å². The zero-order chi connectivity index (χ0) is 13.4. The molecule has 0 heterocycles. The third kappa shape index (κ3) is 5.19. The van der Waals surface area contributed by atoms with Crippen molar-refractivity contribution in [3.8, 4) is 0 Å². The third-order valence-corrected chi connectivity index (χ3v) is 2.77. The Morgan fingerprint density at radius 2 is 1.94 bits per heavy atom. The molecular formula is C14H22N2O2. The van der Waals surface area contributed by atoms with Crippen LogP contribution in [-0.4, -0.2) is 32.8 Å². The number of aryl methyl sites for hydroxylation is 2. The minimum atomic E-state index is -0.142. The molecule has 18 heavy (non-hydrogen) atoms. The van der Waals surface area contributed by atoms with Crippen LogP contribution in [0.4, 0.5) is 4.79 Å². The molecule has 0 saturated heterocycles. The molecule has 4 heteroatoms. The van der Waals surface area contributed by atoms with Gasteiger partial charge in [0, 0.05) is 20.2 Å². The fourth-order valence-corrected chi connectivity index (χ4v) is 1.77. The first kappa shape index (κ1) is 14.5. The number of methoxy groups -OCH3 is 1. The second kappa shape index (κ2) is 7.71. The Kier molecular flexibility index (Phi) is 6.22. The van der Waals surface area contributed by atoms with Crippen LogP contribution in [0.2, 0.25) is 0 Å². The van der Waals surface area contributed by atoms with Crippen molar-refractivity contribution in [1.82, 2.24) is 10.6 Å². The first-order valence-electron chi connectivity index (χ1n) is 6.20. The summed E-state index contributed by atoms with van der Waals surface area (Å²) in [6, 6.07) is 6.24. The lowest BCUT2D eigenvalue weighted by molar-refractivity contribution is 0.196. The fourth-order valence-electron chi connectivity index (χ4n) is 1.77. The van der Waals surface area contributed by atoms with Crippen molar-refractivity contribution < 1.29 is 9.53 Å². The van der Waals surface area contributed by atoms with Crippen LogP contribution in [0.25, 0.3) is 0 Å². The quantitative estimate of drug-likeness (QED) is 0.756. The summed E-state index contributed by atoms with van der Waals surface area (Å²) in [6.45, 7) is 5.89. The number of nitrogens with one attached hydrogen (secondary N) is 2. The van der Waals surface area contributed by atoms with E-state index in [-0.39, 0.29) is 6.03 Å². The maximum Gasteiger partial charge on any atom is 0.314 e. The Hall–Kier alpha value is -1.55.